The van der Waals surface area contributed by atoms with Gasteiger partial charge in [-0.25, -0.2) is 0 Å². The molecule has 0 fully saturated rings. The number of nitrogens with one attached hydrogen (secondary N) is 1. The van der Waals surface area contributed by atoms with Crippen LogP contribution >= 0.6 is 0 Å². The summed E-state index contributed by atoms with van der Waals surface area (Å²) < 4.78 is 32.2. The third kappa shape index (κ3) is 1.94. The van der Waals surface area contributed by atoms with E-state index in [4.69, 9.17) is 0 Å². The van der Waals surface area contributed by atoms with Crippen LogP contribution in [0, 0.1) is 0 Å². The van der Waals surface area contributed by atoms with E-state index in [-0.39, 0.29) is 22.3 Å². The fraction of sp³-hybridized carbons (Fsp3) is 0.0667. The molecule has 6 nitrogen and oxygen atoms in total. The standard InChI is InChI=1S/C15H11NO5S/c1-16-10-6-2-4-8-12(10)14(17)9-5-3-7-11(22(19,20)21)13(9)15(8)18/h2-7,16H,1H3,(H,19,20,21). The van der Waals surface area contributed by atoms with Crippen molar-refractivity contribution in [2.24, 2.45) is 0 Å². The van der Waals surface area contributed by atoms with Gasteiger partial charge in [0.1, 0.15) is 4.90 Å². The zero-order valence-electron chi connectivity index (χ0n) is 11.5. The van der Waals surface area contributed by atoms with E-state index in [1.54, 1.807) is 19.2 Å². The summed E-state index contributed by atoms with van der Waals surface area (Å²) in [5, 5.41) is 2.84. The first kappa shape index (κ1) is 14.4. The zero-order valence-corrected chi connectivity index (χ0v) is 12.3. The van der Waals surface area contributed by atoms with Gasteiger partial charge >= 0.3 is 0 Å². The monoisotopic (exact) mass is 317 g/mol. The lowest BCUT2D eigenvalue weighted by Gasteiger charge is -2.21. The summed E-state index contributed by atoms with van der Waals surface area (Å²) in [5.41, 5.74) is 0.486. The van der Waals surface area contributed by atoms with Crippen LogP contribution in [-0.2, 0) is 10.1 Å². The van der Waals surface area contributed by atoms with E-state index in [0.29, 0.717) is 5.69 Å². The van der Waals surface area contributed by atoms with Crippen LogP contribution in [0.1, 0.15) is 31.8 Å². The number of hydrogen-bond donors (Lipinski definition) is 2. The number of carbonyl (C=O) groups is 2. The molecule has 1 aliphatic rings. The minimum absolute atomic E-state index is 0.0321. The predicted molar refractivity (Wildman–Crippen MR) is 79.1 cm³/mol. The number of rotatable bonds is 2. The molecule has 0 saturated carbocycles. The third-order valence-corrected chi connectivity index (χ3v) is 4.48. The van der Waals surface area contributed by atoms with Gasteiger partial charge in [-0.3, -0.25) is 14.1 Å². The average molecular weight is 317 g/mol. The normalized spacial score (nSPS) is 13.5. The van der Waals surface area contributed by atoms with Gasteiger partial charge in [0.15, 0.2) is 11.6 Å². The lowest BCUT2D eigenvalue weighted by Crippen LogP contribution is -2.24. The molecule has 0 radical (unpaired) electrons. The molecule has 0 bridgehead atoms. The molecule has 0 aliphatic heterocycles. The first-order valence-electron chi connectivity index (χ1n) is 6.37. The Morgan fingerprint density at radius 2 is 1.45 bits per heavy atom. The van der Waals surface area contributed by atoms with Crippen LogP contribution in [0.2, 0.25) is 0 Å². The van der Waals surface area contributed by atoms with Gasteiger partial charge in [0.05, 0.1) is 11.1 Å². The van der Waals surface area contributed by atoms with Gasteiger partial charge in [-0.2, -0.15) is 8.42 Å². The van der Waals surface area contributed by atoms with Gasteiger partial charge in [0, 0.05) is 23.9 Å². The molecule has 0 amide bonds. The minimum Gasteiger partial charge on any atom is -0.388 e. The minimum atomic E-state index is -4.61. The zero-order chi connectivity index (χ0) is 16.1. The molecule has 0 atom stereocenters. The maximum Gasteiger partial charge on any atom is 0.295 e. The Morgan fingerprint density at radius 3 is 2.05 bits per heavy atom. The van der Waals surface area contributed by atoms with Gasteiger partial charge in [0.25, 0.3) is 10.1 Å². The third-order valence-electron chi connectivity index (χ3n) is 3.58. The van der Waals surface area contributed by atoms with Crippen LogP contribution in [0.15, 0.2) is 41.3 Å². The Bertz CT molecular complexity index is 931. The number of fused-ring (bicyclic) bond motifs is 2. The molecule has 1 aliphatic carbocycles. The first-order chi connectivity index (χ1) is 10.4. The molecule has 0 heterocycles. The van der Waals surface area contributed by atoms with E-state index < -0.39 is 26.6 Å². The van der Waals surface area contributed by atoms with Crippen molar-refractivity contribution in [3.63, 3.8) is 0 Å². The van der Waals surface area contributed by atoms with E-state index in [0.717, 1.165) is 6.07 Å². The van der Waals surface area contributed by atoms with Crippen LogP contribution < -0.4 is 5.32 Å². The van der Waals surface area contributed by atoms with E-state index in [9.17, 15) is 22.6 Å². The van der Waals surface area contributed by atoms with E-state index in [2.05, 4.69) is 5.32 Å². The van der Waals surface area contributed by atoms with Crippen molar-refractivity contribution in [1.82, 2.24) is 0 Å². The Hall–Kier alpha value is -2.51. The molecule has 112 valence electrons. The highest BCUT2D eigenvalue weighted by atomic mass is 32.2. The van der Waals surface area contributed by atoms with Crippen LogP contribution in [-0.4, -0.2) is 31.6 Å². The van der Waals surface area contributed by atoms with Crippen molar-refractivity contribution in [2.75, 3.05) is 12.4 Å². The van der Waals surface area contributed by atoms with Crippen LogP contribution in [0.5, 0.6) is 0 Å². The summed E-state index contributed by atoms with van der Waals surface area (Å²) in [6.45, 7) is 0. The van der Waals surface area contributed by atoms with Crippen LogP contribution in [0.4, 0.5) is 5.69 Å². The molecule has 22 heavy (non-hydrogen) atoms. The largest absolute Gasteiger partial charge is 0.388 e. The highest BCUT2D eigenvalue weighted by molar-refractivity contribution is 7.86. The number of anilines is 1. The quantitative estimate of drug-likeness (QED) is 0.698. The Labute approximate surface area is 126 Å². The Kier molecular flexibility index (Phi) is 3.12. The lowest BCUT2D eigenvalue weighted by molar-refractivity contribution is 0.0977. The lowest BCUT2D eigenvalue weighted by atomic mass is 9.83. The highest BCUT2D eigenvalue weighted by Gasteiger charge is 2.35. The molecule has 0 unspecified atom stereocenters. The average Bonchev–Trinajstić information content (AvgIpc) is 2.50. The second-order valence-electron chi connectivity index (χ2n) is 4.79. The summed E-state index contributed by atoms with van der Waals surface area (Å²) >= 11 is 0. The van der Waals surface area contributed by atoms with E-state index in [1.165, 1.54) is 18.2 Å². The Morgan fingerprint density at radius 1 is 0.909 bits per heavy atom. The van der Waals surface area contributed by atoms with Crippen molar-refractivity contribution < 1.29 is 22.6 Å². The maximum atomic E-state index is 12.6. The van der Waals surface area contributed by atoms with Gasteiger partial charge in [-0.05, 0) is 12.1 Å². The summed E-state index contributed by atoms with van der Waals surface area (Å²) in [4.78, 5) is 24.7. The van der Waals surface area contributed by atoms with Crippen molar-refractivity contribution in [3.8, 4) is 0 Å². The van der Waals surface area contributed by atoms with Crippen LogP contribution in [0.25, 0.3) is 0 Å². The Balaban J connectivity index is 2.39. The van der Waals surface area contributed by atoms with Crippen molar-refractivity contribution >= 4 is 27.4 Å². The number of ketones is 2. The molecular weight excluding hydrogens is 306 g/mol. The SMILES string of the molecule is CNc1cccc2c1C(=O)c1cccc(S(=O)(=O)O)c1C2=O. The van der Waals surface area contributed by atoms with Gasteiger partial charge in [-0.15, -0.1) is 0 Å². The van der Waals surface area contributed by atoms with Crippen LogP contribution in [0.3, 0.4) is 0 Å². The van der Waals surface area contributed by atoms with Crippen molar-refractivity contribution in [1.29, 1.82) is 0 Å². The maximum absolute atomic E-state index is 12.6. The number of benzene rings is 2. The predicted octanol–water partition coefficient (Wildman–Crippen LogP) is 1.75. The summed E-state index contributed by atoms with van der Waals surface area (Å²) in [6.07, 6.45) is 0. The molecule has 0 aromatic heterocycles. The molecule has 7 heteroatoms. The summed E-state index contributed by atoms with van der Waals surface area (Å²) in [5.74, 6) is -1.06. The molecule has 2 aromatic rings. The molecule has 3 rings (SSSR count). The topological polar surface area (TPSA) is 101 Å². The van der Waals surface area contributed by atoms with Crippen molar-refractivity contribution in [3.05, 3.63) is 58.7 Å². The molecule has 2 N–H and O–H groups in total. The van der Waals surface area contributed by atoms with Gasteiger partial charge in [0.2, 0.25) is 0 Å². The first-order valence-corrected chi connectivity index (χ1v) is 7.81. The summed E-state index contributed by atoms with van der Waals surface area (Å²) in [7, 11) is -2.99. The smallest absolute Gasteiger partial charge is 0.295 e. The van der Waals surface area contributed by atoms with Gasteiger partial charge < -0.3 is 5.32 Å². The van der Waals surface area contributed by atoms with Crippen molar-refractivity contribution in [2.45, 2.75) is 4.90 Å². The fourth-order valence-corrected chi connectivity index (χ4v) is 3.34. The van der Waals surface area contributed by atoms with Gasteiger partial charge in [-0.1, -0.05) is 24.3 Å². The number of hydrogen-bond acceptors (Lipinski definition) is 5. The van der Waals surface area contributed by atoms with E-state index >= 15 is 0 Å². The van der Waals surface area contributed by atoms with E-state index in [1.807, 2.05) is 0 Å². The molecule has 0 spiro atoms. The second-order valence-corrected chi connectivity index (χ2v) is 6.18. The highest BCUT2D eigenvalue weighted by Crippen LogP contribution is 2.34. The molecular formula is C15H11NO5S. The second kappa shape index (κ2) is 4.75. The fourth-order valence-electron chi connectivity index (χ4n) is 2.63. The molecule has 0 saturated heterocycles. The summed E-state index contributed by atoms with van der Waals surface area (Å²) in [6, 6.07) is 8.50. The molecule has 2 aromatic carbocycles. The number of carbonyl (C=O) groups excluding carboxylic acids is 2.